The van der Waals surface area contributed by atoms with Crippen LogP contribution in [-0.4, -0.2) is 28.9 Å². The van der Waals surface area contributed by atoms with E-state index in [2.05, 4.69) is 30.9 Å². The number of likely N-dealkylation sites (tertiary alicyclic amines) is 1. The molecule has 0 spiro atoms. The number of carbonyl (C=O) groups excluding carboxylic acids is 1. The van der Waals surface area contributed by atoms with E-state index in [1.54, 1.807) is 0 Å². The van der Waals surface area contributed by atoms with Crippen molar-refractivity contribution >= 4 is 17.2 Å². The third-order valence-electron chi connectivity index (χ3n) is 4.75. The Hall–Kier alpha value is -1.16. The second-order valence-electron chi connectivity index (χ2n) is 6.30. The number of hydrogen-bond acceptors (Lipinski definition) is 3. The number of amides is 1. The summed E-state index contributed by atoms with van der Waals surface area (Å²) in [6, 6.07) is 0. The van der Waals surface area contributed by atoms with E-state index in [4.69, 9.17) is 4.98 Å². The van der Waals surface area contributed by atoms with Gasteiger partial charge in [0.25, 0.3) is 0 Å². The molecule has 2 atom stereocenters. The maximum Gasteiger partial charge on any atom is 0.226 e. The second kappa shape index (κ2) is 6.30. The lowest BCUT2D eigenvalue weighted by Gasteiger charge is -2.34. The first-order chi connectivity index (χ1) is 10.1. The van der Waals surface area contributed by atoms with E-state index in [0.29, 0.717) is 11.8 Å². The Kier molecular flexibility index (Phi) is 4.43. The lowest BCUT2D eigenvalue weighted by atomic mass is 9.91. The molecule has 21 heavy (non-hydrogen) atoms. The molecule has 3 nitrogen and oxygen atoms in total. The van der Waals surface area contributed by atoms with Gasteiger partial charge in [-0.3, -0.25) is 4.79 Å². The number of allylic oxidation sites excluding steroid dienone is 2. The van der Waals surface area contributed by atoms with Crippen LogP contribution in [0.2, 0.25) is 0 Å². The molecule has 0 bridgehead atoms. The summed E-state index contributed by atoms with van der Waals surface area (Å²) in [4.78, 5) is 20.8. The molecule has 1 aromatic heterocycles. The van der Waals surface area contributed by atoms with E-state index in [1.165, 1.54) is 16.3 Å². The first-order valence-corrected chi connectivity index (χ1v) is 8.84. The van der Waals surface area contributed by atoms with Gasteiger partial charge in [-0.1, -0.05) is 12.2 Å². The van der Waals surface area contributed by atoms with E-state index in [1.807, 2.05) is 11.3 Å². The molecule has 1 fully saturated rings. The summed E-state index contributed by atoms with van der Waals surface area (Å²) in [5.41, 5.74) is 1.15. The summed E-state index contributed by atoms with van der Waals surface area (Å²) in [6.45, 7) is 6.01. The summed E-state index contributed by atoms with van der Waals surface area (Å²) in [6.07, 6.45) is 9.64. The van der Waals surface area contributed by atoms with Crippen molar-refractivity contribution in [1.29, 1.82) is 0 Å². The number of nitrogens with zero attached hydrogens (tertiary/aromatic N) is 2. The van der Waals surface area contributed by atoms with Crippen LogP contribution in [0.25, 0.3) is 0 Å². The van der Waals surface area contributed by atoms with Gasteiger partial charge in [0.15, 0.2) is 0 Å². The topological polar surface area (TPSA) is 33.2 Å². The van der Waals surface area contributed by atoms with Gasteiger partial charge in [0.05, 0.1) is 10.7 Å². The Labute approximate surface area is 131 Å². The van der Waals surface area contributed by atoms with Crippen LogP contribution >= 0.6 is 11.3 Å². The van der Waals surface area contributed by atoms with Crippen molar-refractivity contribution in [2.24, 2.45) is 5.92 Å². The molecular formula is C17H24N2OS. The summed E-state index contributed by atoms with van der Waals surface area (Å²) >= 11 is 1.81. The van der Waals surface area contributed by atoms with Gasteiger partial charge < -0.3 is 4.90 Å². The fraction of sp³-hybridized carbons (Fsp3) is 0.647. The highest BCUT2D eigenvalue weighted by atomic mass is 32.1. The molecule has 3 rings (SSSR count). The lowest BCUT2D eigenvalue weighted by molar-refractivity contribution is -0.137. The van der Waals surface area contributed by atoms with E-state index in [0.717, 1.165) is 44.5 Å². The fourth-order valence-electron chi connectivity index (χ4n) is 3.33. The Morgan fingerprint density at radius 2 is 2.19 bits per heavy atom. The molecule has 0 N–H and O–H groups in total. The smallest absolute Gasteiger partial charge is 0.226 e. The van der Waals surface area contributed by atoms with Gasteiger partial charge in [-0.25, -0.2) is 4.98 Å². The largest absolute Gasteiger partial charge is 0.342 e. The number of rotatable bonds is 2. The van der Waals surface area contributed by atoms with Crippen molar-refractivity contribution in [2.45, 2.75) is 51.9 Å². The van der Waals surface area contributed by atoms with Crippen LogP contribution in [0.4, 0.5) is 0 Å². The number of aromatic nitrogens is 1. The lowest BCUT2D eigenvalue weighted by Crippen LogP contribution is -2.42. The van der Waals surface area contributed by atoms with Crippen molar-refractivity contribution in [3.63, 3.8) is 0 Å². The predicted octanol–water partition coefficient (Wildman–Crippen LogP) is 3.82. The highest BCUT2D eigenvalue weighted by Crippen LogP contribution is 2.32. The number of aryl methyl sites for hydroxylation is 2. The average molecular weight is 304 g/mol. The molecule has 0 saturated carbocycles. The SMILES string of the molecule is Cc1nc([C@@H]2CCCN(C(=O)[C@H]3CC=CCC3)C2)sc1C. The van der Waals surface area contributed by atoms with Gasteiger partial charge in [0.2, 0.25) is 5.91 Å². The quantitative estimate of drug-likeness (QED) is 0.778. The molecule has 1 amide bonds. The zero-order valence-corrected chi connectivity index (χ0v) is 13.8. The van der Waals surface area contributed by atoms with E-state index in [9.17, 15) is 4.79 Å². The highest BCUT2D eigenvalue weighted by molar-refractivity contribution is 7.11. The van der Waals surface area contributed by atoms with Crippen LogP contribution in [0, 0.1) is 19.8 Å². The Balaban J connectivity index is 1.67. The third-order valence-corrected chi connectivity index (χ3v) is 5.98. The standard InChI is InChI=1S/C17H24N2OS/c1-12-13(2)21-16(18-12)15-9-6-10-19(11-15)17(20)14-7-4-3-5-8-14/h3-4,14-15H,5-11H2,1-2H3/t14-,15+/m0/s1. The van der Waals surface area contributed by atoms with Gasteiger partial charge >= 0.3 is 0 Å². The van der Waals surface area contributed by atoms with Gasteiger partial charge in [0, 0.05) is 29.8 Å². The molecule has 1 aliphatic carbocycles. The first-order valence-electron chi connectivity index (χ1n) is 8.03. The third kappa shape index (κ3) is 3.20. The van der Waals surface area contributed by atoms with Crippen molar-refractivity contribution in [3.8, 4) is 0 Å². The second-order valence-corrected chi connectivity index (χ2v) is 7.53. The molecule has 4 heteroatoms. The molecular weight excluding hydrogens is 280 g/mol. The zero-order chi connectivity index (χ0) is 14.8. The Bertz CT molecular complexity index is 529. The number of hydrogen-bond donors (Lipinski definition) is 0. The van der Waals surface area contributed by atoms with Crippen LogP contribution in [-0.2, 0) is 4.79 Å². The van der Waals surface area contributed by atoms with Crippen LogP contribution in [0.1, 0.15) is 53.6 Å². The van der Waals surface area contributed by atoms with Crippen LogP contribution in [0.3, 0.4) is 0 Å². The number of thiazole rings is 1. The summed E-state index contributed by atoms with van der Waals surface area (Å²) < 4.78 is 0. The molecule has 0 radical (unpaired) electrons. The average Bonchev–Trinajstić information content (AvgIpc) is 2.87. The number of carbonyl (C=O) groups is 1. The van der Waals surface area contributed by atoms with E-state index >= 15 is 0 Å². The molecule has 0 aromatic carbocycles. The molecule has 2 aliphatic rings. The van der Waals surface area contributed by atoms with E-state index < -0.39 is 0 Å². The van der Waals surface area contributed by atoms with Crippen LogP contribution in [0.15, 0.2) is 12.2 Å². The van der Waals surface area contributed by atoms with Crippen LogP contribution in [0.5, 0.6) is 0 Å². The molecule has 1 aromatic rings. The van der Waals surface area contributed by atoms with Crippen LogP contribution < -0.4 is 0 Å². The van der Waals surface area contributed by atoms with Crippen molar-refractivity contribution in [2.75, 3.05) is 13.1 Å². The van der Waals surface area contributed by atoms with Gasteiger partial charge in [-0.2, -0.15) is 0 Å². The maximum absolute atomic E-state index is 12.7. The van der Waals surface area contributed by atoms with E-state index in [-0.39, 0.29) is 5.92 Å². The number of piperidine rings is 1. The highest BCUT2D eigenvalue weighted by Gasteiger charge is 2.30. The van der Waals surface area contributed by atoms with Gasteiger partial charge in [0.1, 0.15) is 0 Å². The van der Waals surface area contributed by atoms with Crippen molar-refractivity contribution in [3.05, 3.63) is 27.7 Å². The normalized spacial score (nSPS) is 26.1. The van der Waals surface area contributed by atoms with Crippen molar-refractivity contribution < 1.29 is 4.79 Å². The predicted molar refractivity (Wildman–Crippen MR) is 86.6 cm³/mol. The maximum atomic E-state index is 12.7. The molecule has 2 heterocycles. The minimum atomic E-state index is 0.216. The zero-order valence-electron chi connectivity index (χ0n) is 13.0. The molecule has 1 saturated heterocycles. The van der Waals surface area contributed by atoms with Gasteiger partial charge in [-0.05, 0) is 46.0 Å². The van der Waals surface area contributed by atoms with Gasteiger partial charge in [-0.15, -0.1) is 11.3 Å². The Morgan fingerprint density at radius 1 is 1.33 bits per heavy atom. The molecule has 1 aliphatic heterocycles. The molecule has 0 unspecified atom stereocenters. The first kappa shape index (κ1) is 14.8. The van der Waals surface area contributed by atoms with Crippen molar-refractivity contribution in [1.82, 2.24) is 9.88 Å². The Morgan fingerprint density at radius 3 is 2.86 bits per heavy atom. The summed E-state index contributed by atoms with van der Waals surface area (Å²) in [5.74, 6) is 1.03. The minimum absolute atomic E-state index is 0.216. The minimum Gasteiger partial charge on any atom is -0.342 e. The summed E-state index contributed by atoms with van der Waals surface area (Å²) in [7, 11) is 0. The molecule has 114 valence electrons. The monoisotopic (exact) mass is 304 g/mol. The summed E-state index contributed by atoms with van der Waals surface area (Å²) in [5, 5.41) is 1.23. The fourth-order valence-corrected chi connectivity index (χ4v) is 4.38.